The van der Waals surface area contributed by atoms with Crippen LogP contribution >= 0.6 is 0 Å². The van der Waals surface area contributed by atoms with Crippen LogP contribution in [-0.2, 0) is 0 Å². The Bertz CT molecular complexity index is 102. The lowest BCUT2D eigenvalue weighted by Gasteiger charge is -2.20. The summed E-state index contributed by atoms with van der Waals surface area (Å²) in [4.78, 5) is 2.35. The molecule has 2 heteroatoms. The van der Waals surface area contributed by atoms with Crippen LogP contribution in [0.25, 0.3) is 0 Å². The number of nitrogens with zero attached hydrogens (tertiary/aromatic N) is 1. The predicted molar refractivity (Wildman–Crippen MR) is 55.2 cm³/mol. The second-order valence-electron chi connectivity index (χ2n) is 4.00. The monoisotopic (exact) mass is 172 g/mol. The lowest BCUT2D eigenvalue weighted by atomic mass is 10.0. The van der Waals surface area contributed by atoms with Crippen molar-refractivity contribution in [3.05, 3.63) is 0 Å². The van der Waals surface area contributed by atoms with Gasteiger partial charge in [-0.1, -0.05) is 20.8 Å². The van der Waals surface area contributed by atoms with Crippen molar-refractivity contribution in [2.24, 2.45) is 11.7 Å². The van der Waals surface area contributed by atoms with Crippen molar-refractivity contribution in [2.45, 2.75) is 39.7 Å². The molecule has 0 aromatic heterocycles. The summed E-state index contributed by atoms with van der Waals surface area (Å²) in [5.74, 6) is 0.611. The maximum Gasteiger partial charge on any atom is 0.00740 e. The van der Waals surface area contributed by atoms with Gasteiger partial charge in [0.15, 0.2) is 0 Å². The zero-order valence-electron chi connectivity index (χ0n) is 9.01. The van der Waals surface area contributed by atoms with Crippen molar-refractivity contribution in [3.63, 3.8) is 0 Å². The van der Waals surface area contributed by atoms with Crippen LogP contribution in [0.1, 0.15) is 33.6 Å². The lowest BCUT2D eigenvalue weighted by Crippen LogP contribution is -2.32. The third-order valence-electron chi connectivity index (χ3n) is 2.31. The normalized spacial score (nSPS) is 14.2. The molecular weight excluding hydrogens is 148 g/mol. The highest BCUT2D eigenvalue weighted by molar-refractivity contribution is 4.66. The minimum Gasteiger partial charge on any atom is -0.327 e. The molecule has 0 amide bonds. The average molecular weight is 172 g/mol. The van der Waals surface area contributed by atoms with E-state index in [0.29, 0.717) is 12.0 Å². The Labute approximate surface area is 77.1 Å². The molecule has 0 radical (unpaired) electrons. The molecule has 0 saturated heterocycles. The summed E-state index contributed by atoms with van der Waals surface area (Å²) in [6.07, 6.45) is 2.35. The van der Waals surface area contributed by atoms with E-state index in [1.165, 1.54) is 13.0 Å². The zero-order chi connectivity index (χ0) is 9.56. The van der Waals surface area contributed by atoms with E-state index >= 15 is 0 Å². The molecule has 0 aromatic rings. The van der Waals surface area contributed by atoms with Crippen LogP contribution in [0.15, 0.2) is 0 Å². The first-order valence-electron chi connectivity index (χ1n) is 5.02. The third-order valence-corrected chi connectivity index (χ3v) is 2.31. The van der Waals surface area contributed by atoms with Gasteiger partial charge in [-0.3, -0.25) is 0 Å². The summed E-state index contributed by atoms with van der Waals surface area (Å²) in [5, 5.41) is 0. The van der Waals surface area contributed by atoms with Gasteiger partial charge in [-0.15, -0.1) is 0 Å². The van der Waals surface area contributed by atoms with E-state index in [1.54, 1.807) is 0 Å². The van der Waals surface area contributed by atoms with Crippen molar-refractivity contribution in [1.82, 2.24) is 4.90 Å². The molecule has 2 N–H and O–H groups in total. The molecule has 0 fully saturated rings. The van der Waals surface area contributed by atoms with Gasteiger partial charge in [-0.25, -0.2) is 0 Å². The van der Waals surface area contributed by atoms with E-state index < -0.39 is 0 Å². The smallest absolute Gasteiger partial charge is 0.00740 e. The van der Waals surface area contributed by atoms with Crippen LogP contribution in [0.4, 0.5) is 0 Å². The average Bonchev–Trinajstić information content (AvgIpc) is 2.00. The first kappa shape index (κ1) is 11.9. The van der Waals surface area contributed by atoms with Crippen LogP contribution in [0, 0.1) is 5.92 Å². The Morgan fingerprint density at radius 1 is 1.25 bits per heavy atom. The summed E-state index contributed by atoms with van der Waals surface area (Å²) < 4.78 is 0. The quantitative estimate of drug-likeness (QED) is 0.661. The minimum absolute atomic E-state index is 0.365. The largest absolute Gasteiger partial charge is 0.327 e. The second-order valence-corrected chi connectivity index (χ2v) is 4.00. The topological polar surface area (TPSA) is 29.3 Å². The molecule has 0 heterocycles. The fourth-order valence-electron chi connectivity index (χ4n) is 1.20. The molecule has 0 spiro atoms. The number of hydrogen-bond acceptors (Lipinski definition) is 2. The highest BCUT2D eigenvalue weighted by Crippen LogP contribution is 2.03. The first-order chi connectivity index (χ1) is 5.57. The Morgan fingerprint density at radius 3 is 2.25 bits per heavy atom. The van der Waals surface area contributed by atoms with Gasteiger partial charge in [0.25, 0.3) is 0 Å². The van der Waals surface area contributed by atoms with Crippen LogP contribution < -0.4 is 5.73 Å². The van der Waals surface area contributed by atoms with Gasteiger partial charge in [0, 0.05) is 6.04 Å². The molecule has 12 heavy (non-hydrogen) atoms. The predicted octanol–water partition coefficient (Wildman–Crippen LogP) is 1.70. The molecule has 0 rings (SSSR count). The number of nitrogens with two attached hydrogens (primary N) is 1. The number of rotatable bonds is 6. The van der Waals surface area contributed by atoms with Crippen LogP contribution in [0.2, 0.25) is 0 Å². The zero-order valence-corrected chi connectivity index (χ0v) is 9.01. The van der Waals surface area contributed by atoms with Gasteiger partial charge in [-0.05, 0) is 38.9 Å². The standard InChI is InChI=1S/C10H24N2/c1-5-7-12(4)8-6-10(11)9(2)3/h9-10H,5-8,11H2,1-4H3. The molecule has 0 bridgehead atoms. The van der Waals surface area contributed by atoms with Gasteiger partial charge in [0.05, 0.1) is 0 Å². The van der Waals surface area contributed by atoms with E-state index in [0.717, 1.165) is 13.0 Å². The third kappa shape index (κ3) is 5.56. The summed E-state index contributed by atoms with van der Waals surface area (Å²) in [6.45, 7) is 8.89. The highest BCUT2D eigenvalue weighted by Gasteiger charge is 2.07. The molecule has 0 aliphatic heterocycles. The van der Waals surface area contributed by atoms with Crippen molar-refractivity contribution in [1.29, 1.82) is 0 Å². The van der Waals surface area contributed by atoms with Crippen molar-refractivity contribution in [2.75, 3.05) is 20.1 Å². The molecule has 2 nitrogen and oxygen atoms in total. The Balaban J connectivity index is 3.40. The van der Waals surface area contributed by atoms with Crippen molar-refractivity contribution in [3.8, 4) is 0 Å². The minimum atomic E-state index is 0.365. The number of hydrogen-bond donors (Lipinski definition) is 1. The molecular formula is C10H24N2. The summed E-state index contributed by atoms with van der Waals surface area (Å²) in [7, 11) is 2.16. The summed E-state index contributed by atoms with van der Waals surface area (Å²) in [5.41, 5.74) is 5.93. The maximum absolute atomic E-state index is 5.93. The Hall–Kier alpha value is -0.0800. The van der Waals surface area contributed by atoms with Crippen LogP contribution in [0.3, 0.4) is 0 Å². The molecule has 0 aromatic carbocycles. The van der Waals surface area contributed by atoms with E-state index in [4.69, 9.17) is 5.73 Å². The van der Waals surface area contributed by atoms with Gasteiger partial charge >= 0.3 is 0 Å². The van der Waals surface area contributed by atoms with E-state index in [9.17, 15) is 0 Å². The lowest BCUT2D eigenvalue weighted by molar-refractivity contribution is 0.303. The van der Waals surface area contributed by atoms with E-state index in [2.05, 4.69) is 32.7 Å². The SMILES string of the molecule is CCCN(C)CCC(N)C(C)C. The second kappa shape index (κ2) is 6.44. The maximum atomic E-state index is 5.93. The van der Waals surface area contributed by atoms with Crippen molar-refractivity contribution < 1.29 is 0 Å². The summed E-state index contributed by atoms with van der Waals surface area (Å²) >= 11 is 0. The molecule has 1 unspecified atom stereocenters. The van der Waals surface area contributed by atoms with Crippen molar-refractivity contribution >= 4 is 0 Å². The van der Waals surface area contributed by atoms with Gasteiger partial charge in [0.2, 0.25) is 0 Å². The van der Waals surface area contributed by atoms with Gasteiger partial charge in [0.1, 0.15) is 0 Å². The van der Waals surface area contributed by atoms with E-state index in [1.807, 2.05) is 0 Å². The fourth-order valence-corrected chi connectivity index (χ4v) is 1.20. The van der Waals surface area contributed by atoms with Gasteiger partial charge in [-0.2, -0.15) is 0 Å². The first-order valence-corrected chi connectivity index (χ1v) is 5.02. The molecule has 1 atom stereocenters. The summed E-state index contributed by atoms with van der Waals surface area (Å²) in [6, 6.07) is 0.365. The molecule has 0 aliphatic carbocycles. The molecule has 0 aliphatic rings. The van der Waals surface area contributed by atoms with Gasteiger partial charge < -0.3 is 10.6 Å². The Kier molecular flexibility index (Phi) is 6.39. The van der Waals surface area contributed by atoms with Crippen LogP contribution in [0.5, 0.6) is 0 Å². The fraction of sp³-hybridized carbons (Fsp3) is 1.00. The van der Waals surface area contributed by atoms with Crippen LogP contribution in [-0.4, -0.2) is 31.1 Å². The van der Waals surface area contributed by atoms with E-state index in [-0.39, 0.29) is 0 Å². The Morgan fingerprint density at radius 2 is 1.83 bits per heavy atom. The molecule has 0 saturated carbocycles. The molecule has 74 valence electrons. The highest BCUT2D eigenvalue weighted by atomic mass is 15.1.